The van der Waals surface area contributed by atoms with Crippen LogP contribution in [0.15, 0.2) is 133 Å². The van der Waals surface area contributed by atoms with Crippen molar-refractivity contribution in [2.75, 3.05) is 98.9 Å². The Kier molecular flexibility index (Phi) is 26.6. The van der Waals surface area contributed by atoms with Gasteiger partial charge in [0.1, 0.15) is 27.9 Å². The van der Waals surface area contributed by atoms with Crippen LogP contribution >= 0.6 is 15.9 Å². The minimum atomic E-state index is -0.932. The van der Waals surface area contributed by atoms with Crippen LogP contribution in [0.3, 0.4) is 0 Å². The Morgan fingerprint density at radius 2 is 1.16 bits per heavy atom. The van der Waals surface area contributed by atoms with Gasteiger partial charge in [-0.1, -0.05) is 63.3 Å². The molecule has 29 heteroatoms. The van der Waals surface area contributed by atoms with E-state index in [4.69, 9.17) is 20.4 Å². The highest BCUT2D eigenvalue weighted by Crippen LogP contribution is 2.23. The van der Waals surface area contributed by atoms with E-state index in [0.717, 1.165) is 66.5 Å². The Morgan fingerprint density at radius 1 is 0.568 bits per heavy atom. The van der Waals surface area contributed by atoms with E-state index in [1.165, 1.54) is 4.68 Å². The summed E-state index contributed by atoms with van der Waals surface area (Å²) in [6.45, 7) is 8.65. The molecule has 1 fully saturated rings. The zero-order valence-electron chi connectivity index (χ0n) is 45.0. The van der Waals surface area contributed by atoms with Gasteiger partial charge in [0.05, 0.1) is 95.5 Å². The molecule has 1 saturated heterocycles. The smallest absolute Gasteiger partial charge is 0.304 e. The van der Waals surface area contributed by atoms with E-state index in [-0.39, 0.29) is 65.2 Å². The van der Waals surface area contributed by atoms with Gasteiger partial charge in [0, 0.05) is 101 Å². The fraction of sp³-hybridized carbons (Fsp3) is 0.404. The molecule has 6 N–H and O–H groups in total. The minimum absolute atomic E-state index is 0.0342. The van der Waals surface area contributed by atoms with Gasteiger partial charge in [-0.3, -0.25) is 49.0 Å². The molecule has 28 nitrogen and oxygen atoms in total. The number of piperazine rings is 1. The first-order valence-electron chi connectivity index (χ1n) is 26.0. The lowest BCUT2D eigenvalue weighted by atomic mass is 10.2. The molecule has 9 rings (SSSR count). The van der Waals surface area contributed by atoms with Gasteiger partial charge in [-0.2, -0.15) is 0 Å². The lowest BCUT2D eigenvalue weighted by Gasteiger charge is -2.33. The fourth-order valence-corrected chi connectivity index (χ4v) is 8.39. The van der Waals surface area contributed by atoms with Gasteiger partial charge >= 0.3 is 11.9 Å². The van der Waals surface area contributed by atoms with Crippen molar-refractivity contribution in [2.24, 2.45) is 0 Å². The van der Waals surface area contributed by atoms with E-state index < -0.39 is 11.9 Å². The largest absolute Gasteiger partial charge is 0.481 e. The highest BCUT2D eigenvalue weighted by molar-refractivity contribution is 9.10. The van der Waals surface area contributed by atoms with Crippen molar-refractivity contribution in [3.8, 4) is 33.9 Å². The van der Waals surface area contributed by atoms with Crippen LogP contribution in [-0.2, 0) is 29.6 Å². The Balaban J connectivity index is 0.000000179. The molecule has 432 valence electrons. The van der Waals surface area contributed by atoms with Crippen LogP contribution in [0.5, 0.6) is 0 Å². The second-order valence-electron chi connectivity index (χ2n) is 18.2. The van der Waals surface area contributed by atoms with E-state index >= 15 is 0 Å². The third kappa shape index (κ3) is 21.7. The molecule has 0 aliphatic carbocycles. The third-order valence-electron chi connectivity index (χ3n) is 12.1. The van der Waals surface area contributed by atoms with Crippen LogP contribution in [0.1, 0.15) is 24.7 Å². The third-order valence-corrected chi connectivity index (χ3v) is 12.5. The number of rotatable bonds is 26. The number of likely N-dealkylation sites (N-methyl/N-ethyl adjacent to an activating group) is 1. The Morgan fingerprint density at radius 3 is 1.77 bits per heavy atom. The maximum absolute atomic E-state index is 10.7. The lowest BCUT2D eigenvalue weighted by Crippen LogP contribution is -2.47. The normalized spacial score (nSPS) is 13.0. The van der Waals surface area contributed by atoms with Crippen molar-refractivity contribution in [2.45, 2.75) is 39.0 Å². The molecule has 1 aliphatic rings. The van der Waals surface area contributed by atoms with Gasteiger partial charge in [-0.25, -0.2) is 18.7 Å². The molecule has 8 aromatic rings. The van der Waals surface area contributed by atoms with E-state index in [9.17, 15) is 19.8 Å². The number of hydrogen-bond acceptors (Lipinski definition) is 22. The molecule has 1 aliphatic heterocycles. The first-order valence-corrected chi connectivity index (χ1v) is 26.8. The molecule has 1 aromatic carbocycles. The van der Waals surface area contributed by atoms with Crippen molar-refractivity contribution in [1.82, 2.24) is 99.4 Å². The molecular formula is C52H69BrN20O8. The summed E-state index contributed by atoms with van der Waals surface area (Å²) in [5.41, 5.74) is 5.60. The first kappa shape index (κ1) is 62.5. The molecule has 0 saturated carbocycles. The highest BCUT2D eigenvalue weighted by atomic mass is 79.9. The fourth-order valence-electron chi connectivity index (χ4n) is 8.08. The van der Waals surface area contributed by atoms with Crippen LogP contribution in [0.25, 0.3) is 33.9 Å². The molecule has 0 bridgehead atoms. The molecule has 0 spiro atoms. The summed E-state index contributed by atoms with van der Waals surface area (Å²) in [7, 11) is 1.91. The average Bonchev–Trinajstić information content (AvgIpc) is 4.48. The zero-order valence-corrected chi connectivity index (χ0v) is 46.5. The van der Waals surface area contributed by atoms with Crippen molar-refractivity contribution < 1.29 is 40.2 Å². The predicted molar refractivity (Wildman–Crippen MR) is 299 cm³/mol. The number of carboxylic acid groups (broad SMARTS) is 2. The van der Waals surface area contributed by atoms with Gasteiger partial charge in [0.25, 0.3) is 0 Å². The van der Waals surface area contributed by atoms with Crippen LogP contribution in [0.4, 0.5) is 0 Å². The summed E-state index contributed by atoms with van der Waals surface area (Å²) in [5.74, 6) is -1.86. The van der Waals surface area contributed by atoms with Gasteiger partial charge in [0.2, 0.25) is 0 Å². The van der Waals surface area contributed by atoms with Gasteiger partial charge in [-0.05, 0) is 59.4 Å². The van der Waals surface area contributed by atoms with Crippen molar-refractivity contribution in [1.29, 1.82) is 0 Å². The number of aliphatic hydroxyl groups is 4. The number of pyridine rings is 3. The van der Waals surface area contributed by atoms with E-state index in [2.05, 4.69) is 81.9 Å². The molecule has 1 atom stereocenters. The summed E-state index contributed by atoms with van der Waals surface area (Å²) >= 11 is 3.20. The Labute approximate surface area is 476 Å². The molecule has 0 radical (unpaired) electrons. The van der Waals surface area contributed by atoms with Crippen LogP contribution in [0, 0.1) is 0 Å². The SMILES string of the molecule is CN(CCO)Cn1cc(Br)nn1.O=C(O)CCN(CCC(=O)O)Cn1cc(-c2ccccn2)nn1.OCCN(CCO)C(c1ccccn1)n1cc(-c2cccnc2)nn1.OCCN1CCN(Cn2cc(-c3ccccc3)nn2)CC1. The summed E-state index contributed by atoms with van der Waals surface area (Å²) in [5, 5.41) is 86.4. The zero-order chi connectivity index (χ0) is 57.6. The monoisotopic (exact) mass is 1180 g/mol. The maximum Gasteiger partial charge on any atom is 0.304 e. The number of aliphatic carboxylic acids is 2. The summed E-state index contributed by atoms with van der Waals surface area (Å²) in [6.07, 6.45) is 13.6. The number of halogens is 1. The number of carboxylic acids is 2. The number of aliphatic hydroxyl groups excluding tert-OH is 4. The average molecular weight is 1180 g/mol. The molecule has 1 unspecified atom stereocenters. The topological polar surface area (TPSA) is 333 Å². The van der Waals surface area contributed by atoms with Crippen molar-refractivity contribution >= 4 is 27.9 Å². The lowest BCUT2D eigenvalue weighted by molar-refractivity contribution is -0.137. The van der Waals surface area contributed by atoms with E-state index in [0.29, 0.717) is 43.4 Å². The molecule has 81 heavy (non-hydrogen) atoms. The van der Waals surface area contributed by atoms with Crippen LogP contribution < -0.4 is 0 Å². The number of β-amino-alcohol motifs (C(OH)–C–C–N with tert-alkyl or cyclic N) is 1. The number of nitrogens with zero attached hydrogens (tertiary/aromatic N) is 20. The standard InChI is InChI=1S/C17H20N6O2.C15H21N5O.C14H17N5O4.C6H11BrN4O/c24-10-8-22(9-11-25)17(15-5-1-2-7-19-15)23-13-16(20-21-23)14-4-3-6-18-12-14;21-11-10-18-6-8-19(9-7-18)13-20-12-15(16-17-20)14-4-2-1-3-5-14;20-13(21)4-7-18(8-5-14(22)23)10-19-9-12(16-17-19)11-3-1-2-6-15-11;1-10(2-3-12)5-11-4-6(7)8-9-11/h1-7,12-13,17,24-25H,8-11H2;1-5,12,21H,6-11,13H2;1-3,6,9H,4-5,7-8,10H2,(H,20,21)(H,22,23);4,12H,2-3,5H2,1H3. The van der Waals surface area contributed by atoms with Gasteiger partial charge < -0.3 is 30.6 Å². The Hall–Kier alpha value is -7.71. The number of benzene rings is 1. The predicted octanol–water partition coefficient (Wildman–Crippen LogP) is 1.55. The number of hydrogen-bond donors (Lipinski definition) is 6. The summed E-state index contributed by atoms with van der Waals surface area (Å²) < 4.78 is 7.54. The first-order chi connectivity index (χ1) is 39.4. The molecule has 7 aromatic heterocycles. The maximum atomic E-state index is 10.7. The molecular weight excluding hydrogens is 1110 g/mol. The Bertz CT molecular complexity index is 2960. The van der Waals surface area contributed by atoms with Gasteiger partial charge in [-0.15, -0.1) is 20.4 Å². The van der Waals surface area contributed by atoms with E-state index in [1.807, 2.05) is 101 Å². The van der Waals surface area contributed by atoms with Crippen molar-refractivity contribution in [3.63, 3.8) is 0 Å². The van der Waals surface area contributed by atoms with Crippen LogP contribution in [0.2, 0.25) is 0 Å². The number of carbonyl (C=O) groups is 2. The summed E-state index contributed by atoms with van der Waals surface area (Å²) in [4.78, 5) is 44.3. The highest BCUT2D eigenvalue weighted by Gasteiger charge is 2.25. The van der Waals surface area contributed by atoms with Gasteiger partial charge in [0.15, 0.2) is 0 Å². The second-order valence-corrected chi connectivity index (χ2v) is 19.0. The van der Waals surface area contributed by atoms with Crippen molar-refractivity contribution in [3.05, 3.63) is 139 Å². The van der Waals surface area contributed by atoms with Crippen LogP contribution in [-0.4, -0.2) is 241 Å². The minimum Gasteiger partial charge on any atom is -0.481 e. The van der Waals surface area contributed by atoms with E-state index in [1.54, 1.807) is 63.6 Å². The second kappa shape index (κ2) is 34.4. The quantitative estimate of drug-likeness (QED) is 0.0448. The molecule has 0 amide bonds. The molecule has 8 heterocycles. The summed E-state index contributed by atoms with van der Waals surface area (Å²) in [6, 6.07) is 24.9. The number of aromatic nitrogens is 15.